The fourth-order valence-corrected chi connectivity index (χ4v) is 6.70. The van der Waals surface area contributed by atoms with Gasteiger partial charge in [0.15, 0.2) is 0 Å². The van der Waals surface area contributed by atoms with E-state index in [0.717, 1.165) is 12.8 Å². The van der Waals surface area contributed by atoms with Gasteiger partial charge in [0.05, 0.1) is 19.8 Å². The number of aryl methyl sites for hydroxylation is 1. The first kappa shape index (κ1) is 32.3. The van der Waals surface area contributed by atoms with Crippen LogP contribution in [0.15, 0.2) is 24.3 Å². The maximum atomic E-state index is 6.55. The van der Waals surface area contributed by atoms with Crippen LogP contribution in [0.1, 0.15) is 128 Å². The van der Waals surface area contributed by atoms with Gasteiger partial charge in [0, 0.05) is 0 Å². The van der Waals surface area contributed by atoms with Gasteiger partial charge in [-0.25, -0.2) is 0 Å². The Bertz CT molecular complexity index is 1090. The van der Waals surface area contributed by atoms with E-state index in [-0.39, 0.29) is 10.8 Å². The van der Waals surface area contributed by atoms with Crippen molar-refractivity contribution in [1.29, 1.82) is 0 Å². The molecule has 0 bridgehead atoms. The van der Waals surface area contributed by atoms with Crippen molar-refractivity contribution < 1.29 is 13.6 Å². The summed E-state index contributed by atoms with van der Waals surface area (Å²) < 4.78 is 19.5. The lowest BCUT2D eigenvalue weighted by Crippen LogP contribution is -2.18. The van der Waals surface area contributed by atoms with Crippen LogP contribution >= 0.6 is 8.60 Å². The first-order chi connectivity index (χ1) is 18.2. The third kappa shape index (κ3) is 8.62. The fourth-order valence-electron chi connectivity index (χ4n) is 5.68. The molecular formula is C35H55O3P. The van der Waals surface area contributed by atoms with Crippen LogP contribution in [-0.4, -0.2) is 6.61 Å². The Labute approximate surface area is 241 Å². The number of benzene rings is 2. The van der Waals surface area contributed by atoms with Gasteiger partial charge in [-0.2, -0.15) is 0 Å². The topological polar surface area (TPSA) is 27.7 Å². The Morgan fingerprint density at radius 3 is 1.92 bits per heavy atom. The van der Waals surface area contributed by atoms with E-state index in [2.05, 4.69) is 100 Å². The van der Waals surface area contributed by atoms with Gasteiger partial charge in [-0.05, 0) is 81.4 Å². The second-order valence-corrected chi connectivity index (χ2v) is 15.3. The van der Waals surface area contributed by atoms with Crippen molar-refractivity contribution in [3.05, 3.63) is 57.6 Å². The molecule has 0 saturated heterocycles. The van der Waals surface area contributed by atoms with E-state index >= 15 is 0 Å². The summed E-state index contributed by atoms with van der Waals surface area (Å²) in [5, 5.41) is 0. The predicted molar refractivity (Wildman–Crippen MR) is 168 cm³/mol. The molecule has 218 valence electrons. The van der Waals surface area contributed by atoms with Crippen LogP contribution < -0.4 is 0 Å². The Kier molecular flexibility index (Phi) is 11.3. The second kappa shape index (κ2) is 13.6. The summed E-state index contributed by atoms with van der Waals surface area (Å²) in [4.78, 5) is 0. The number of fused-ring (bicyclic) bond motifs is 3. The van der Waals surface area contributed by atoms with Crippen molar-refractivity contribution in [3.63, 3.8) is 0 Å². The zero-order valence-corrected chi connectivity index (χ0v) is 27.7. The van der Waals surface area contributed by atoms with Gasteiger partial charge in [0.2, 0.25) is 0 Å². The van der Waals surface area contributed by atoms with Crippen LogP contribution in [0.2, 0.25) is 0 Å². The largest absolute Gasteiger partial charge is 0.333 e. The minimum absolute atomic E-state index is 0.00594. The van der Waals surface area contributed by atoms with Gasteiger partial charge < -0.3 is 13.6 Å². The van der Waals surface area contributed by atoms with Crippen molar-refractivity contribution in [3.8, 4) is 11.1 Å². The van der Waals surface area contributed by atoms with E-state index in [4.69, 9.17) is 13.6 Å². The number of rotatable bonds is 9. The Morgan fingerprint density at radius 1 is 0.846 bits per heavy atom. The molecule has 4 heteroatoms. The molecule has 1 heterocycles. The zero-order chi connectivity index (χ0) is 29.0. The lowest BCUT2D eigenvalue weighted by molar-refractivity contribution is 0.130. The maximum absolute atomic E-state index is 6.55. The first-order valence-corrected chi connectivity index (χ1v) is 16.3. The molecule has 2 atom stereocenters. The summed E-state index contributed by atoms with van der Waals surface area (Å²) in [6.45, 7) is 26.9. The maximum Gasteiger partial charge on any atom is 0.333 e. The Hall–Kier alpha value is -1.25. The molecular weight excluding hydrogens is 499 g/mol. The minimum Gasteiger partial charge on any atom is -0.312 e. The molecule has 2 aromatic carbocycles. The molecule has 0 N–H and O–H groups in total. The van der Waals surface area contributed by atoms with Gasteiger partial charge in [-0.1, -0.05) is 118 Å². The van der Waals surface area contributed by atoms with Crippen molar-refractivity contribution in [1.82, 2.24) is 0 Å². The lowest BCUT2D eigenvalue weighted by Gasteiger charge is -2.29. The number of hydrogen-bond acceptors (Lipinski definition) is 3. The lowest BCUT2D eigenvalue weighted by atomic mass is 9.76. The summed E-state index contributed by atoms with van der Waals surface area (Å²) in [6, 6.07) is 9.59. The summed E-state index contributed by atoms with van der Waals surface area (Å²) >= 11 is 0. The average Bonchev–Trinajstić information content (AvgIpc) is 2.90. The van der Waals surface area contributed by atoms with E-state index in [0.29, 0.717) is 31.7 Å². The van der Waals surface area contributed by atoms with Crippen LogP contribution in [0.25, 0.3) is 11.1 Å². The predicted octanol–water partition coefficient (Wildman–Crippen LogP) is 11.0. The third-order valence-electron chi connectivity index (χ3n) is 7.84. The monoisotopic (exact) mass is 554 g/mol. The molecule has 0 spiro atoms. The van der Waals surface area contributed by atoms with Gasteiger partial charge in [-0.3, -0.25) is 0 Å². The SMILES string of the molecule is CCCCC(CC)COP1OCc2c(cc(C)cc2C(C)(C)C)-c2cc(CC(C)C)cc(C(C)(C)C)c2CO1. The van der Waals surface area contributed by atoms with Gasteiger partial charge >= 0.3 is 8.60 Å². The molecule has 1 aliphatic heterocycles. The van der Waals surface area contributed by atoms with Gasteiger partial charge in [-0.15, -0.1) is 0 Å². The van der Waals surface area contributed by atoms with Crippen LogP contribution in [0.5, 0.6) is 0 Å². The minimum atomic E-state index is -1.46. The standard InChI is InChI=1S/C35H55O3P/c1-12-14-15-26(13-2)21-36-39-37-22-30-28(17-25(5)18-32(30)34(6,7)8)29-19-27(16-24(3)4)20-33(35(9,10)11)31(29)23-38-39/h17-20,24,26H,12-16,21-23H2,1-11H3. The van der Waals surface area contributed by atoms with Crippen molar-refractivity contribution in [2.75, 3.05) is 6.61 Å². The molecule has 3 nitrogen and oxygen atoms in total. The summed E-state index contributed by atoms with van der Waals surface area (Å²) in [5.41, 5.74) is 10.5. The van der Waals surface area contributed by atoms with Crippen molar-refractivity contribution in [2.45, 2.75) is 132 Å². The van der Waals surface area contributed by atoms with Gasteiger partial charge in [0.25, 0.3) is 0 Å². The summed E-state index contributed by atoms with van der Waals surface area (Å²) in [7, 11) is -1.46. The summed E-state index contributed by atoms with van der Waals surface area (Å²) in [5.74, 6) is 1.14. The highest BCUT2D eigenvalue weighted by Crippen LogP contribution is 2.49. The first-order valence-electron chi connectivity index (χ1n) is 15.2. The highest BCUT2D eigenvalue weighted by molar-refractivity contribution is 7.41. The molecule has 0 radical (unpaired) electrons. The van der Waals surface area contributed by atoms with E-state index in [1.807, 2.05) is 0 Å². The van der Waals surface area contributed by atoms with Crippen LogP contribution in [0.4, 0.5) is 0 Å². The van der Waals surface area contributed by atoms with Crippen LogP contribution in [0.3, 0.4) is 0 Å². The molecule has 0 aromatic heterocycles. The van der Waals surface area contributed by atoms with Crippen LogP contribution in [0, 0.1) is 18.8 Å². The molecule has 0 fully saturated rings. The fraction of sp³-hybridized carbons (Fsp3) is 0.657. The van der Waals surface area contributed by atoms with E-state index < -0.39 is 8.60 Å². The zero-order valence-electron chi connectivity index (χ0n) is 26.8. The molecule has 3 rings (SSSR count). The molecule has 0 saturated carbocycles. The summed E-state index contributed by atoms with van der Waals surface area (Å²) in [6.07, 6.45) is 5.84. The second-order valence-electron chi connectivity index (χ2n) is 14.1. The number of unbranched alkanes of at least 4 members (excludes halogenated alkanes) is 1. The van der Waals surface area contributed by atoms with E-state index in [1.54, 1.807) is 0 Å². The normalized spacial score (nSPS) is 17.3. The molecule has 0 aliphatic carbocycles. The molecule has 1 aliphatic rings. The third-order valence-corrected chi connectivity index (χ3v) is 8.88. The smallest absolute Gasteiger partial charge is 0.312 e. The highest BCUT2D eigenvalue weighted by atomic mass is 31.2. The van der Waals surface area contributed by atoms with Gasteiger partial charge in [0.1, 0.15) is 0 Å². The van der Waals surface area contributed by atoms with E-state index in [1.165, 1.54) is 63.8 Å². The Morgan fingerprint density at radius 2 is 1.41 bits per heavy atom. The van der Waals surface area contributed by atoms with Crippen LogP contribution in [-0.2, 0) is 44.0 Å². The molecule has 2 unspecified atom stereocenters. The van der Waals surface area contributed by atoms with Crippen molar-refractivity contribution in [2.24, 2.45) is 11.8 Å². The Balaban J connectivity index is 2.18. The molecule has 39 heavy (non-hydrogen) atoms. The highest BCUT2D eigenvalue weighted by Gasteiger charge is 2.30. The quantitative estimate of drug-likeness (QED) is 0.289. The van der Waals surface area contributed by atoms with Crippen molar-refractivity contribution >= 4 is 8.60 Å². The number of hydrogen-bond donors (Lipinski definition) is 0. The molecule has 0 amide bonds. The average molecular weight is 555 g/mol. The van der Waals surface area contributed by atoms with E-state index in [9.17, 15) is 0 Å². The molecule has 2 aromatic rings.